The summed E-state index contributed by atoms with van der Waals surface area (Å²) >= 11 is 3.38. The fraction of sp³-hybridized carbons (Fsp3) is 0.200. The third-order valence-corrected chi connectivity index (χ3v) is 3.29. The van der Waals surface area contributed by atoms with Crippen molar-refractivity contribution in [2.45, 2.75) is 12.6 Å². The summed E-state index contributed by atoms with van der Waals surface area (Å²) in [6, 6.07) is 17.9. The fourth-order valence-corrected chi connectivity index (χ4v) is 2.02. The largest absolute Gasteiger partial charge is 0.387 e. The summed E-state index contributed by atoms with van der Waals surface area (Å²) in [5.41, 5.74) is 2.15. The second-order valence-corrected chi connectivity index (χ2v) is 5.10. The Labute approximate surface area is 116 Å². The second kappa shape index (κ2) is 6.69. The second-order valence-electron chi connectivity index (χ2n) is 4.18. The van der Waals surface area contributed by atoms with Gasteiger partial charge in [-0.1, -0.05) is 58.4 Å². The molecule has 0 aliphatic carbocycles. The number of benzene rings is 2. The van der Waals surface area contributed by atoms with E-state index in [9.17, 15) is 5.11 Å². The Morgan fingerprint density at radius 2 is 1.67 bits per heavy atom. The molecule has 0 aliphatic heterocycles. The van der Waals surface area contributed by atoms with Gasteiger partial charge in [-0.15, -0.1) is 0 Å². The third kappa shape index (κ3) is 3.95. The summed E-state index contributed by atoms with van der Waals surface area (Å²) < 4.78 is 1.02. The Bertz CT molecular complexity index is 470. The quantitative estimate of drug-likeness (QED) is 0.888. The molecule has 0 saturated carbocycles. The van der Waals surface area contributed by atoms with Gasteiger partial charge in [0.05, 0.1) is 6.10 Å². The topological polar surface area (TPSA) is 32.3 Å². The lowest BCUT2D eigenvalue weighted by Crippen LogP contribution is -2.20. The van der Waals surface area contributed by atoms with Crippen LogP contribution in [-0.4, -0.2) is 11.7 Å². The number of nitrogens with one attached hydrogen (secondary N) is 1. The van der Waals surface area contributed by atoms with Crippen molar-refractivity contribution in [1.29, 1.82) is 0 Å². The van der Waals surface area contributed by atoms with E-state index in [4.69, 9.17) is 0 Å². The Balaban J connectivity index is 1.81. The molecule has 3 heteroatoms. The third-order valence-electron chi connectivity index (χ3n) is 2.76. The highest BCUT2D eigenvalue weighted by Gasteiger charge is 2.06. The van der Waals surface area contributed by atoms with Crippen LogP contribution in [0, 0.1) is 0 Å². The van der Waals surface area contributed by atoms with Gasteiger partial charge in [-0.25, -0.2) is 0 Å². The summed E-state index contributed by atoms with van der Waals surface area (Å²) in [7, 11) is 0. The normalized spacial score (nSPS) is 12.3. The van der Waals surface area contributed by atoms with E-state index >= 15 is 0 Å². The van der Waals surface area contributed by atoms with Gasteiger partial charge in [0.15, 0.2) is 0 Å². The van der Waals surface area contributed by atoms with Gasteiger partial charge in [0.1, 0.15) is 0 Å². The minimum absolute atomic E-state index is 0.471. The van der Waals surface area contributed by atoms with Crippen LogP contribution in [0.15, 0.2) is 59.1 Å². The van der Waals surface area contributed by atoms with E-state index in [0.29, 0.717) is 6.54 Å². The highest BCUT2D eigenvalue weighted by Crippen LogP contribution is 2.16. The number of rotatable bonds is 5. The highest BCUT2D eigenvalue weighted by atomic mass is 79.9. The predicted molar refractivity (Wildman–Crippen MR) is 77.3 cm³/mol. The Kier molecular flexibility index (Phi) is 4.93. The molecule has 2 nitrogen and oxygen atoms in total. The Morgan fingerprint density at radius 1 is 1.00 bits per heavy atom. The van der Waals surface area contributed by atoms with Gasteiger partial charge in [-0.3, -0.25) is 0 Å². The van der Waals surface area contributed by atoms with E-state index in [1.165, 1.54) is 5.56 Å². The number of aliphatic hydroxyl groups excluding tert-OH is 1. The van der Waals surface area contributed by atoms with Crippen LogP contribution in [0.5, 0.6) is 0 Å². The zero-order valence-corrected chi connectivity index (χ0v) is 11.6. The maximum atomic E-state index is 10.0. The molecule has 0 amide bonds. The van der Waals surface area contributed by atoms with Crippen LogP contribution in [0.2, 0.25) is 0 Å². The molecule has 2 rings (SSSR count). The molecule has 1 atom stereocenters. The first-order valence-electron chi connectivity index (χ1n) is 5.94. The van der Waals surface area contributed by atoms with Crippen molar-refractivity contribution in [3.63, 3.8) is 0 Å². The number of hydrogen-bond acceptors (Lipinski definition) is 2. The average molecular weight is 306 g/mol. The summed E-state index contributed by atoms with van der Waals surface area (Å²) in [4.78, 5) is 0. The smallest absolute Gasteiger partial charge is 0.0914 e. The lowest BCUT2D eigenvalue weighted by atomic mass is 10.1. The van der Waals surface area contributed by atoms with Crippen molar-refractivity contribution in [3.05, 3.63) is 70.2 Å². The highest BCUT2D eigenvalue weighted by molar-refractivity contribution is 9.10. The molecule has 94 valence electrons. The van der Waals surface area contributed by atoms with Crippen LogP contribution in [0.25, 0.3) is 0 Å². The van der Waals surface area contributed by atoms with Crippen LogP contribution in [0.3, 0.4) is 0 Å². The standard InChI is InChI=1S/C15H16BrNO/c16-14-8-6-13(7-9-14)15(18)11-17-10-12-4-2-1-3-5-12/h1-9,15,17-18H,10-11H2. The van der Waals surface area contributed by atoms with Crippen LogP contribution < -0.4 is 5.32 Å². The molecule has 18 heavy (non-hydrogen) atoms. The molecule has 0 saturated heterocycles. The zero-order valence-electron chi connectivity index (χ0n) is 10.0. The summed E-state index contributed by atoms with van der Waals surface area (Å²) in [6.07, 6.45) is -0.471. The Morgan fingerprint density at radius 3 is 2.33 bits per heavy atom. The van der Waals surface area contributed by atoms with Gasteiger partial charge in [0.2, 0.25) is 0 Å². The first-order chi connectivity index (χ1) is 8.75. The van der Waals surface area contributed by atoms with E-state index in [2.05, 4.69) is 33.4 Å². The fourth-order valence-electron chi connectivity index (χ4n) is 1.75. The summed E-state index contributed by atoms with van der Waals surface area (Å²) in [5, 5.41) is 13.3. The van der Waals surface area contributed by atoms with Crippen molar-refractivity contribution >= 4 is 15.9 Å². The molecule has 2 N–H and O–H groups in total. The molecule has 0 aromatic heterocycles. The van der Waals surface area contributed by atoms with E-state index in [1.807, 2.05) is 42.5 Å². The number of halogens is 1. The maximum absolute atomic E-state index is 10.0. The first kappa shape index (κ1) is 13.3. The molecule has 0 radical (unpaired) electrons. The van der Waals surface area contributed by atoms with Crippen molar-refractivity contribution in [1.82, 2.24) is 5.32 Å². The van der Waals surface area contributed by atoms with Crippen molar-refractivity contribution in [2.24, 2.45) is 0 Å². The summed E-state index contributed by atoms with van der Waals surface area (Å²) in [5.74, 6) is 0. The summed E-state index contributed by atoms with van der Waals surface area (Å²) in [6.45, 7) is 1.32. The SMILES string of the molecule is OC(CNCc1ccccc1)c1ccc(Br)cc1. The lowest BCUT2D eigenvalue weighted by molar-refractivity contribution is 0.174. The average Bonchev–Trinajstić information content (AvgIpc) is 2.40. The van der Waals surface area contributed by atoms with Crippen molar-refractivity contribution < 1.29 is 5.11 Å². The molecular formula is C15H16BrNO. The minimum Gasteiger partial charge on any atom is -0.387 e. The molecule has 1 unspecified atom stereocenters. The molecule has 0 fully saturated rings. The molecular weight excluding hydrogens is 290 g/mol. The zero-order chi connectivity index (χ0) is 12.8. The van der Waals surface area contributed by atoms with Crippen molar-refractivity contribution in [3.8, 4) is 0 Å². The molecule has 0 bridgehead atoms. The number of hydrogen-bond donors (Lipinski definition) is 2. The molecule has 0 aliphatic rings. The van der Waals surface area contributed by atoms with Gasteiger partial charge >= 0.3 is 0 Å². The van der Waals surface area contributed by atoms with Gasteiger partial charge in [-0.2, -0.15) is 0 Å². The van der Waals surface area contributed by atoms with E-state index in [1.54, 1.807) is 0 Å². The Hall–Kier alpha value is -1.16. The van der Waals surface area contributed by atoms with Gasteiger partial charge in [-0.05, 0) is 23.3 Å². The van der Waals surface area contributed by atoms with Gasteiger partial charge < -0.3 is 10.4 Å². The molecule has 0 heterocycles. The lowest BCUT2D eigenvalue weighted by Gasteiger charge is -2.12. The van der Waals surface area contributed by atoms with Gasteiger partial charge in [0.25, 0.3) is 0 Å². The van der Waals surface area contributed by atoms with Crippen LogP contribution in [0.1, 0.15) is 17.2 Å². The van der Waals surface area contributed by atoms with E-state index in [0.717, 1.165) is 16.6 Å². The maximum Gasteiger partial charge on any atom is 0.0914 e. The predicted octanol–water partition coefficient (Wildman–Crippen LogP) is 3.27. The molecule has 2 aromatic rings. The monoisotopic (exact) mass is 305 g/mol. The molecule has 2 aromatic carbocycles. The first-order valence-corrected chi connectivity index (χ1v) is 6.73. The van der Waals surface area contributed by atoms with Crippen LogP contribution in [0.4, 0.5) is 0 Å². The number of aliphatic hydroxyl groups is 1. The molecule has 0 spiro atoms. The minimum atomic E-state index is -0.471. The van der Waals surface area contributed by atoms with Crippen molar-refractivity contribution in [2.75, 3.05) is 6.54 Å². The van der Waals surface area contributed by atoms with Crippen LogP contribution in [-0.2, 0) is 6.54 Å². The van der Waals surface area contributed by atoms with Gasteiger partial charge in [0, 0.05) is 17.6 Å². The van der Waals surface area contributed by atoms with Crippen LogP contribution >= 0.6 is 15.9 Å². The van der Waals surface area contributed by atoms with E-state index in [-0.39, 0.29) is 0 Å². The van der Waals surface area contributed by atoms with E-state index < -0.39 is 6.10 Å².